The predicted octanol–water partition coefficient (Wildman–Crippen LogP) is 2.21. The minimum absolute atomic E-state index is 0.796. The fraction of sp³-hybridized carbons (Fsp3) is 0.692. The molecule has 0 spiro atoms. The van der Waals surface area contributed by atoms with Crippen LogP contribution in [0.25, 0.3) is 0 Å². The molecule has 1 N–H and O–H groups in total. The van der Waals surface area contributed by atoms with E-state index in [2.05, 4.69) is 53.3 Å². The van der Waals surface area contributed by atoms with E-state index in [-0.39, 0.29) is 0 Å². The van der Waals surface area contributed by atoms with E-state index in [9.17, 15) is 0 Å². The number of hydrogen-bond acceptors (Lipinski definition) is 4. The molecule has 96 valence electrons. The van der Waals surface area contributed by atoms with Crippen LogP contribution < -0.4 is 10.2 Å². The standard InChI is InChI=1S/C13H24N4/c1-4-7-10-17(6-3)13-9-8-12(15-16-13)11-14-5-2/h8-9,14H,4-7,10-11H2,1-3H3. The van der Waals surface area contributed by atoms with Gasteiger partial charge in [-0.25, -0.2) is 0 Å². The molecule has 0 aromatic carbocycles. The summed E-state index contributed by atoms with van der Waals surface area (Å²) >= 11 is 0. The third-order valence-corrected chi connectivity index (χ3v) is 2.75. The Labute approximate surface area is 104 Å². The van der Waals surface area contributed by atoms with Crippen LogP contribution >= 0.6 is 0 Å². The number of anilines is 1. The fourth-order valence-corrected chi connectivity index (χ4v) is 1.65. The van der Waals surface area contributed by atoms with Gasteiger partial charge in [-0.2, -0.15) is 5.10 Å². The monoisotopic (exact) mass is 236 g/mol. The van der Waals surface area contributed by atoms with Gasteiger partial charge in [-0.1, -0.05) is 20.3 Å². The summed E-state index contributed by atoms with van der Waals surface area (Å²) in [5, 5.41) is 11.8. The van der Waals surface area contributed by atoms with Crippen LogP contribution in [0.15, 0.2) is 12.1 Å². The van der Waals surface area contributed by atoms with Gasteiger partial charge in [0.25, 0.3) is 0 Å². The first-order valence-electron chi connectivity index (χ1n) is 6.60. The van der Waals surface area contributed by atoms with E-state index < -0.39 is 0 Å². The first kappa shape index (κ1) is 13.9. The highest BCUT2D eigenvalue weighted by atomic mass is 15.3. The molecule has 1 aromatic heterocycles. The lowest BCUT2D eigenvalue weighted by molar-refractivity contribution is 0.687. The molecule has 0 amide bonds. The maximum absolute atomic E-state index is 4.29. The third-order valence-electron chi connectivity index (χ3n) is 2.75. The first-order valence-corrected chi connectivity index (χ1v) is 6.60. The molecule has 0 unspecified atom stereocenters. The molecule has 1 heterocycles. The summed E-state index contributed by atoms with van der Waals surface area (Å²) in [7, 11) is 0. The summed E-state index contributed by atoms with van der Waals surface area (Å²) in [6.45, 7) is 10.3. The molecular weight excluding hydrogens is 212 g/mol. The van der Waals surface area contributed by atoms with Crippen molar-refractivity contribution < 1.29 is 0 Å². The van der Waals surface area contributed by atoms with Gasteiger partial charge in [-0.15, -0.1) is 5.10 Å². The second-order valence-corrected chi connectivity index (χ2v) is 4.10. The zero-order valence-electron chi connectivity index (χ0n) is 11.2. The summed E-state index contributed by atoms with van der Waals surface area (Å²) in [5.41, 5.74) is 1.00. The summed E-state index contributed by atoms with van der Waals surface area (Å²) < 4.78 is 0. The zero-order chi connectivity index (χ0) is 12.5. The summed E-state index contributed by atoms with van der Waals surface area (Å²) in [6, 6.07) is 4.12. The molecule has 4 nitrogen and oxygen atoms in total. The number of nitrogens with one attached hydrogen (secondary N) is 1. The molecule has 0 bridgehead atoms. The van der Waals surface area contributed by atoms with Gasteiger partial charge < -0.3 is 10.2 Å². The van der Waals surface area contributed by atoms with Crippen LogP contribution in [-0.4, -0.2) is 29.8 Å². The van der Waals surface area contributed by atoms with Crippen LogP contribution in [0.4, 0.5) is 5.82 Å². The number of aromatic nitrogens is 2. The van der Waals surface area contributed by atoms with Gasteiger partial charge in [0.2, 0.25) is 0 Å². The van der Waals surface area contributed by atoms with Crippen molar-refractivity contribution in [2.75, 3.05) is 24.5 Å². The Kier molecular flexibility index (Phi) is 6.55. The lowest BCUT2D eigenvalue weighted by atomic mass is 10.3. The van der Waals surface area contributed by atoms with Crippen LogP contribution in [0.3, 0.4) is 0 Å². The van der Waals surface area contributed by atoms with Crippen molar-refractivity contribution in [1.29, 1.82) is 0 Å². The summed E-state index contributed by atoms with van der Waals surface area (Å²) in [6.07, 6.45) is 2.41. The van der Waals surface area contributed by atoms with Crippen molar-refractivity contribution in [3.63, 3.8) is 0 Å². The van der Waals surface area contributed by atoms with Gasteiger partial charge >= 0.3 is 0 Å². The molecule has 1 aromatic rings. The molecule has 0 aliphatic rings. The van der Waals surface area contributed by atoms with E-state index in [1.165, 1.54) is 12.8 Å². The SMILES string of the molecule is CCCCN(CC)c1ccc(CNCC)nn1. The first-order chi connectivity index (χ1) is 8.31. The van der Waals surface area contributed by atoms with Gasteiger partial charge in [-0.3, -0.25) is 0 Å². The largest absolute Gasteiger partial charge is 0.355 e. The van der Waals surface area contributed by atoms with Crippen molar-refractivity contribution in [1.82, 2.24) is 15.5 Å². The normalized spacial score (nSPS) is 10.5. The Morgan fingerprint density at radius 2 is 2.00 bits per heavy atom. The Morgan fingerprint density at radius 3 is 2.53 bits per heavy atom. The Balaban J connectivity index is 2.57. The molecule has 0 saturated heterocycles. The second-order valence-electron chi connectivity index (χ2n) is 4.10. The summed E-state index contributed by atoms with van der Waals surface area (Å²) in [5.74, 6) is 0.987. The maximum atomic E-state index is 4.29. The molecule has 0 atom stereocenters. The van der Waals surface area contributed by atoms with Gasteiger partial charge in [0.05, 0.1) is 5.69 Å². The molecular formula is C13H24N4. The van der Waals surface area contributed by atoms with Crippen LogP contribution in [0.5, 0.6) is 0 Å². The van der Waals surface area contributed by atoms with E-state index >= 15 is 0 Å². The number of rotatable bonds is 8. The molecule has 0 saturated carbocycles. The second kappa shape index (κ2) is 8.01. The highest BCUT2D eigenvalue weighted by Crippen LogP contribution is 2.10. The van der Waals surface area contributed by atoms with Crippen LogP contribution in [-0.2, 0) is 6.54 Å². The van der Waals surface area contributed by atoms with Crippen LogP contribution in [0, 0.1) is 0 Å². The van der Waals surface area contributed by atoms with E-state index in [4.69, 9.17) is 0 Å². The van der Waals surface area contributed by atoms with Crippen molar-refractivity contribution >= 4 is 5.82 Å². The van der Waals surface area contributed by atoms with Gasteiger partial charge in [0.15, 0.2) is 5.82 Å². The number of nitrogens with zero attached hydrogens (tertiary/aromatic N) is 3. The predicted molar refractivity (Wildman–Crippen MR) is 72.2 cm³/mol. The van der Waals surface area contributed by atoms with Crippen molar-refractivity contribution in [3.05, 3.63) is 17.8 Å². The number of unbranched alkanes of at least 4 members (excludes halogenated alkanes) is 1. The molecule has 17 heavy (non-hydrogen) atoms. The van der Waals surface area contributed by atoms with Gasteiger partial charge in [0.1, 0.15) is 0 Å². The maximum Gasteiger partial charge on any atom is 0.151 e. The zero-order valence-corrected chi connectivity index (χ0v) is 11.2. The minimum atomic E-state index is 0.796. The number of hydrogen-bond donors (Lipinski definition) is 1. The third kappa shape index (κ3) is 4.69. The van der Waals surface area contributed by atoms with E-state index in [0.29, 0.717) is 0 Å². The molecule has 4 heteroatoms. The fourth-order valence-electron chi connectivity index (χ4n) is 1.65. The highest BCUT2D eigenvalue weighted by molar-refractivity contribution is 5.36. The Bertz CT molecular complexity index is 297. The summed E-state index contributed by atoms with van der Waals surface area (Å²) in [4.78, 5) is 2.27. The van der Waals surface area contributed by atoms with Crippen molar-refractivity contribution in [3.8, 4) is 0 Å². The van der Waals surface area contributed by atoms with Gasteiger partial charge in [-0.05, 0) is 32.0 Å². The molecule has 0 radical (unpaired) electrons. The van der Waals surface area contributed by atoms with E-state index in [0.717, 1.165) is 37.7 Å². The molecule has 0 aliphatic heterocycles. The van der Waals surface area contributed by atoms with Crippen LogP contribution in [0.1, 0.15) is 39.3 Å². The Morgan fingerprint density at radius 1 is 1.18 bits per heavy atom. The average molecular weight is 236 g/mol. The quantitative estimate of drug-likeness (QED) is 0.751. The average Bonchev–Trinajstić information content (AvgIpc) is 2.38. The van der Waals surface area contributed by atoms with E-state index in [1.54, 1.807) is 0 Å². The lowest BCUT2D eigenvalue weighted by Gasteiger charge is -2.21. The van der Waals surface area contributed by atoms with Gasteiger partial charge in [0, 0.05) is 19.6 Å². The highest BCUT2D eigenvalue weighted by Gasteiger charge is 2.05. The molecule has 0 fully saturated rings. The molecule has 1 rings (SSSR count). The van der Waals surface area contributed by atoms with Crippen LogP contribution in [0.2, 0.25) is 0 Å². The smallest absolute Gasteiger partial charge is 0.151 e. The minimum Gasteiger partial charge on any atom is -0.355 e. The van der Waals surface area contributed by atoms with E-state index in [1.807, 2.05) is 0 Å². The lowest BCUT2D eigenvalue weighted by Crippen LogP contribution is -2.25. The van der Waals surface area contributed by atoms with Crippen molar-refractivity contribution in [2.24, 2.45) is 0 Å². The Hall–Kier alpha value is -1.16. The van der Waals surface area contributed by atoms with Crippen molar-refractivity contribution in [2.45, 2.75) is 40.2 Å². The topological polar surface area (TPSA) is 41.0 Å². The molecule has 0 aliphatic carbocycles.